The summed E-state index contributed by atoms with van der Waals surface area (Å²) in [7, 11) is 0. The molecule has 0 aliphatic heterocycles. The SMILES string of the molecule is Cc1ccc(Oc2ccc(F)cc2F)c(/C(N)=N/O)c1. The lowest BCUT2D eigenvalue weighted by atomic mass is 10.1. The number of nitrogens with zero attached hydrogens (tertiary/aromatic N) is 1. The summed E-state index contributed by atoms with van der Waals surface area (Å²) < 4.78 is 31.7. The Morgan fingerprint density at radius 2 is 1.85 bits per heavy atom. The van der Waals surface area contributed by atoms with Crippen LogP contribution in [0.15, 0.2) is 41.6 Å². The third-order valence-electron chi connectivity index (χ3n) is 2.63. The summed E-state index contributed by atoms with van der Waals surface area (Å²) in [6.07, 6.45) is 0. The van der Waals surface area contributed by atoms with Gasteiger partial charge in [-0.3, -0.25) is 0 Å². The van der Waals surface area contributed by atoms with Crippen LogP contribution in [0.3, 0.4) is 0 Å². The lowest BCUT2D eigenvalue weighted by Gasteiger charge is -2.11. The molecule has 0 fully saturated rings. The van der Waals surface area contributed by atoms with Crippen molar-refractivity contribution in [2.45, 2.75) is 6.92 Å². The first-order valence-corrected chi connectivity index (χ1v) is 5.72. The largest absolute Gasteiger partial charge is 0.454 e. The number of nitrogens with two attached hydrogens (primary N) is 1. The van der Waals surface area contributed by atoms with E-state index in [1.807, 2.05) is 6.92 Å². The van der Waals surface area contributed by atoms with Crippen LogP contribution >= 0.6 is 0 Å². The molecule has 104 valence electrons. The molecule has 0 saturated carbocycles. The van der Waals surface area contributed by atoms with Crippen molar-refractivity contribution in [2.75, 3.05) is 0 Å². The number of hydrogen-bond donors (Lipinski definition) is 2. The van der Waals surface area contributed by atoms with Crippen molar-refractivity contribution in [1.29, 1.82) is 0 Å². The van der Waals surface area contributed by atoms with Crippen LogP contribution in [0.25, 0.3) is 0 Å². The van der Waals surface area contributed by atoms with Gasteiger partial charge in [-0.25, -0.2) is 8.78 Å². The Morgan fingerprint density at radius 1 is 1.15 bits per heavy atom. The Bertz CT molecular complexity index is 672. The van der Waals surface area contributed by atoms with Crippen molar-refractivity contribution in [2.24, 2.45) is 10.9 Å². The molecule has 0 saturated heterocycles. The van der Waals surface area contributed by atoms with Gasteiger partial charge in [0.2, 0.25) is 0 Å². The number of benzene rings is 2. The van der Waals surface area contributed by atoms with Crippen molar-refractivity contribution >= 4 is 5.84 Å². The van der Waals surface area contributed by atoms with Crippen LogP contribution in [0.2, 0.25) is 0 Å². The van der Waals surface area contributed by atoms with Gasteiger partial charge in [0.25, 0.3) is 0 Å². The van der Waals surface area contributed by atoms with Crippen molar-refractivity contribution < 1.29 is 18.7 Å². The fourth-order valence-corrected chi connectivity index (χ4v) is 1.66. The van der Waals surface area contributed by atoms with Crippen LogP contribution in [0, 0.1) is 18.6 Å². The number of rotatable bonds is 3. The third kappa shape index (κ3) is 2.85. The highest BCUT2D eigenvalue weighted by atomic mass is 19.1. The lowest BCUT2D eigenvalue weighted by Crippen LogP contribution is -2.14. The second-order valence-electron chi connectivity index (χ2n) is 4.16. The summed E-state index contributed by atoms with van der Waals surface area (Å²) in [5.41, 5.74) is 6.72. The number of amidine groups is 1. The van der Waals surface area contributed by atoms with Crippen molar-refractivity contribution in [1.82, 2.24) is 0 Å². The van der Waals surface area contributed by atoms with E-state index in [-0.39, 0.29) is 17.3 Å². The fourth-order valence-electron chi connectivity index (χ4n) is 1.66. The van der Waals surface area contributed by atoms with Gasteiger partial charge >= 0.3 is 0 Å². The summed E-state index contributed by atoms with van der Waals surface area (Å²) in [5, 5.41) is 11.6. The Labute approximate surface area is 114 Å². The molecule has 0 radical (unpaired) electrons. The van der Waals surface area contributed by atoms with Crippen molar-refractivity contribution in [3.63, 3.8) is 0 Å². The van der Waals surface area contributed by atoms with E-state index in [2.05, 4.69) is 5.16 Å². The predicted molar refractivity (Wildman–Crippen MR) is 70.1 cm³/mol. The molecule has 3 N–H and O–H groups in total. The number of ether oxygens (including phenoxy) is 1. The fraction of sp³-hybridized carbons (Fsp3) is 0.0714. The highest BCUT2D eigenvalue weighted by molar-refractivity contribution is 5.99. The van der Waals surface area contributed by atoms with Gasteiger partial charge in [0.15, 0.2) is 17.4 Å². The first kappa shape index (κ1) is 13.8. The highest BCUT2D eigenvalue weighted by Gasteiger charge is 2.12. The molecule has 0 heterocycles. The first-order chi connectivity index (χ1) is 9.51. The zero-order chi connectivity index (χ0) is 14.7. The second kappa shape index (κ2) is 5.56. The Hall–Kier alpha value is -2.63. The molecule has 2 aromatic carbocycles. The van der Waals surface area contributed by atoms with E-state index in [1.54, 1.807) is 18.2 Å². The van der Waals surface area contributed by atoms with E-state index in [0.717, 1.165) is 11.6 Å². The van der Waals surface area contributed by atoms with Gasteiger partial charge in [0.1, 0.15) is 11.6 Å². The quantitative estimate of drug-likeness (QED) is 0.392. The zero-order valence-electron chi connectivity index (χ0n) is 10.6. The highest BCUT2D eigenvalue weighted by Crippen LogP contribution is 2.28. The number of oxime groups is 1. The van der Waals surface area contributed by atoms with Crippen LogP contribution < -0.4 is 10.5 Å². The van der Waals surface area contributed by atoms with Crippen molar-refractivity contribution in [3.05, 3.63) is 59.2 Å². The number of halogens is 2. The normalized spacial score (nSPS) is 11.4. The van der Waals surface area contributed by atoms with Crippen LogP contribution in [0.1, 0.15) is 11.1 Å². The maximum atomic E-state index is 13.6. The third-order valence-corrected chi connectivity index (χ3v) is 2.63. The van der Waals surface area contributed by atoms with Gasteiger partial charge in [-0.05, 0) is 31.2 Å². The molecule has 0 atom stereocenters. The molecule has 0 amide bonds. The topological polar surface area (TPSA) is 67.8 Å². The maximum absolute atomic E-state index is 13.6. The summed E-state index contributed by atoms with van der Waals surface area (Å²) in [4.78, 5) is 0. The average Bonchev–Trinajstić information content (AvgIpc) is 2.42. The summed E-state index contributed by atoms with van der Waals surface area (Å²) in [6.45, 7) is 1.82. The second-order valence-corrected chi connectivity index (χ2v) is 4.16. The monoisotopic (exact) mass is 278 g/mol. The molecule has 0 spiro atoms. The molecule has 6 heteroatoms. The van der Waals surface area contributed by atoms with E-state index >= 15 is 0 Å². The summed E-state index contributed by atoms with van der Waals surface area (Å²) >= 11 is 0. The van der Waals surface area contributed by atoms with Crippen LogP contribution in [-0.4, -0.2) is 11.0 Å². The van der Waals surface area contributed by atoms with E-state index in [9.17, 15) is 8.78 Å². The minimum atomic E-state index is -0.837. The Morgan fingerprint density at radius 3 is 2.50 bits per heavy atom. The van der Waals surface area contributed by atoms with E-state index in [1.165, 1.54) is 6.07 Å². The number of hydrogen-bond acceptors (Lipinski definition) is 3. The van der Waals surface area contributed by atoms with Gasteiger partial charge in [0, 0.05) is 6.07 Å². The van der Waals surface area contributed by atoms with E-state index < -0.39 is 11.6 Å². The molecule has 2 rings (SSSR count). The molecule has 2 aromatic rings. The lowest BCUT2D eigenvalue weighted by molar-refractivity contribution is 0.318. The van der Waals surface area contributed by atoms with E-state index in [0.29, 0.717) is 11.6 Å². The molecule has 0 aromatic heterocycles. The summed E-state index contributed by atoms with van der Waals surface area (Å²) in [6, 6.07) is 7.88. The zero-order valence-corrected chi connectivity index (χ0v) is 10.6. The van der Waals surface area contributed by atoms with E-state index in [4.69, 9.17) is 15.7 Å². The molecule has 0 unspecified atom stereocenters. The van der Waals surface area contributed by atoms with Crippen LogP contribution in [-0.2, 0) is 0 Å². The van der Waals surface area contributed by atoms with Gasteiger partial charge in [-0.15, -0.1) is 0 Å². The van der Waals surface area contributed by atoms with Gasteiger partial charge in [-0.1, -0.05) is 16.8 Å². The smallest absolute Gasteiger partial charge is 0.173 e. The van der Waals surface area contributed by atoms with Crippen LogP contribution in [0.4, 0.5) is 8.78 Å². The average molecular weight is 278 g/mol. The molecule has 4 nitrogen and oxygen atoms in total. The van der Waals surface area contributed by atoms with Gasteiger partial charge in [-0.2, -0.15) is 0 Å². The minimum Gasteiger partial charge on any atom is -0.454 e. The molecule has 20 heavy (non-hydrogen) atoms. The standard InChI is InChI=1S/C14H12F2N2O2/c1-8-2-4-12(10(6-8)14(17)18-19)20-13-5-3-9(15)7-11(13)16/h2-7,19H,1H3,(H2,17,18). The molecule has 0 bridgehead atoms. The molecular formula is C14H12F2N2O2. The molecule has 0 aliphatic rings. The summed E-state index contributed by atoms with van der Waals surface area (Å²) in [5.74, 6) is -1.64. The minimum absolute atomic E-state index is 0.151. The van der Waals surface area contributed by atoms with Gasteiger partial charge < -0.3 is 15.7 Å². The number of aryl methyl sites for hydroxylation is 1. The van der Waals surface area contributed by atoms with Crippen LogP contribution in [0.5, 0.6) is 11.5 Å². The predicted octanol–water partition coefficient (Wildman–Crippen LogP) is 3.16. The maximum Gasteiger partial charge on any atom is 0.173 e. The van der Waals surface area contributed by atoms with Crippen molar-refractivity contribution in [3.8, 4) is 11.5 Å². The Balaban J connectivity index is 2.43. The molecular weight excluding hydrogens is 266 g/mol. The Kier molecular flexibility index (Phi) is 3.84. The van der Waals surface area contributed by atoms with Gasteiger partial charge in [0.05, 0.1) is 5.56 Å². The first-order valence-electron chi connectivity index (χ1n) is 5.72. The molecule has 0 aliphatic carbocycles.